The summed E-state index contributed by atoms with van der Waals surface area (Å²) in [5, 5.41) is 9.56. The zero-order valence-corrected chi connectivity index (χ0v) is 15.2. The van der Waals surface area contributed by atoms with Crippen LogP contribution in [0.15, 0.2) is 65.5 Å². The third kappa shape index (κ3) is 4.94. The van der Waals surface area contributed by atoms with Crippen molar-refractivity contribution < 1.29 is 13.9 Å². The summed E-state index contributed by atoms with van der Waals surface area (Å²) in [6, 6.07) is 15.4. The minimum atomic E-state index is -0.453. The van der Waals surface area contributed by atoms with Crippen molar-refractivity contribution in [2.75, 3.05) is 19.0 Å². The number of hydrogen-bond donors (Lipinski definition) is 2. The van der Waals surface area contributed by atoms with E-state index in [1.807, 2.05) is 24.3 Å². The van der Waals surface area contributed by atoms with E-state index in [0.29, 0.717) is 11.4 Å². The summed E-state index contributed by atoms with van der Waals surface area (Å²) in [5.41, 5.74) is 1.68. The molecule has 144 valence electrons. The first-order valence-corrected chi connectivity index (χ1v) is 8.58. The van der Waals surface area contributed by atoms with Gasteiger partial charge in [0.25, 0.3) is 5.56 Å². The number of anilines is 1. The first kappa shape index (κ1) is 19.1. The third-order valence-electron chi connectivity index (χ3n) is 3.96. The lowest BCUT2D eigenvalue weighted by Crippen LogP contribution is -2.34. The van der Waals surface area contributed by atoms with Gasteiger partial charge in [0.15, 0.2) is 0 Å². The van der Waals surface area contributed by atoms with Crippen LogP contribution in [0.3, 0.4) is 0 Å². The maximum Gasteiger partial charge on any atom is 0.319 e. The summed E-state index contributed by atoms with van der Waals surface area (Å²) in [4.78, 5) is 23.9. The van der Waals surface area contributed by atoms with Crippen molar-refractivity contribution in [3.05, 3.63) is 76.8 Å². The molecule has 1 heterocycles. The molecule has 0 unspecified atom stereocenters. The molecule has 0 atom stereocenters. The Kier molecular flexibility index (Phi) is 6.01. The Hall–Kier alpha value is -3.68. The fourth-order valence-corrected chi connectivity index (χ4v) is 2.51. The summed E-state index contributed by atoms with van der Waals surface area (Å²) in [6.45, 7) is 0.408. The van der Waals surface area contributed by atoms with Crippen molar-refractivity contribution in [2.24, 2.45) is 0 Å². The molecule has 0 aliphatic rings. The molecule has 0 saturated heterocycles. The standard InChI is InChI=1S/C20H19FN4O3/c1-28-17-8-2-14(3-9-17)18-10-11-19(26)25(24-18)13-12-22-20(27)23-16-6-4-15(21)5-7-16/h2-11H,12-13H2,1H3,(H2,22,23,27). The maximum absolute atomic E-state index is 12.9. The summed E-state index contributed by atoms with van der Waals surface area (Å²) in [6.07, 6.45) is 0. The molecule has 0 saturated carbocycles. The number of rotatable bonds is 6. The summed E-state index contributed by atoms with van der Waals surface area (Å²) < 4.78 is 19.3. The SMILES string of the molecule is COc1ccc(-c2ccc(=O)n(CCNC(=O)Nc3ccc(F)cc3)n2)cc1. The number of halogens is 1. The molecule has 1 aromatic heterocycles. The second-order valence-electron chi connectivity index (χ2n) is 5.90. The number of nitrogens with one attached hydrogen (secondary N) is 2. The van der Waals surface area contributed by atoms with Crippen LogP contribution < -0.4 is 20.9 Å². The summed E-state index contributed by atoms with van der Waals surface area (Å²) in [7, 11) is 1.59. The molecule has 8 heteroatoms. The van der Waals surface area contributed by atoms with Gasteiger partial charge in [0, 0.05) is 23.9 Å². The van der Waals surface area contributed by atoms with Crippen molar-refractivity contribution in [2.45, 2.75) is 6.54 Å². The topological polar surface area (TPSA) is 85.2 Å². The zero-order valence-electron chi connectivity index (χ0n) is 15.2. The normalized spacial score (nSPS) is 10.4. The van der Waals surface area contributed by atoms with E-state index >= 15 is 0 Å². The number of ether oxygens (including phenoxy) is 1. The molecule has 0 fully saturated rings. The molecule has 7 nitrogen and oxygen atoms in total. The Balaban J connectivity index is 1.59. The maximum atomic E-state index is 12.9. The van der Waals surface area contributed by atoms with E-state index in [1.54, 1.807) is 13.2 Å². The van der Waals surface area contributed by atoms with Gasteiger partial charge in [0.05, 0.1) is 19.3 Å². The van der Waals surface area contributed by atoms with E-state index in [-0.39, 0.29) is 24.5 Å². The van der Waals surface area contributed by atoms with Crippen molar-refractivity contribution in [3.8, 4) is 17.0 Å². The molecule has 28 heavy (non-hydrogen) atoms. The Morgan fingerprint density at radius 1 is 1.07 bits per heavy atom. The van der Waals surface area contributed by atoms with Crippen LogP contribution in [0, 0.1) is 5.82 Å². The van der Waals surface area contributed by atoms with Crippen LogP contribution >= 0.6 is 0 Å². The Labute approximate surface area is 160 Å². The second-order valence-corrected chi connectivity index (χ2v) is 5.90. The lowest BCUT2D eigenvalue weighted by atomic mass is 10.1. The largest absolute Gasteiger partial charge is 0.497 e. The van der Waals surface area contributed by atoms with Crippen molar-refractivity contribution in [3.63, 3.8) is 0 Å². The van der Waals surface area contributed by atoms with Crippen LogP contribution in [0.2, 0.25) is 0 Å². The highest BCUT2D eigenvalue weighted by Crippen LogP contribution is 2.19. The fraction of sp³-hybridized carbons (Fsp3) is 0.150. The van der Waals surface area contributed by atoms with Gasteiger partial charge in [0.2, 0.25) is 0 Å². The smallest absolute Gasteiger partial charge is 0.319 e. The van der Waals surface area contributed by atoms with E-state index in [0.717, 1.165) is 11.3 Å². The number of carbonyl (C=O) groups excluding carboxylic acids is 1. The average Bonchev–Trinajstić information content (AvgIpc) is 2.71. The number of benzene rings is 2. The number of carbonyl (C=O) groups is 1. The highest BCUT2D eigenvalue weighted by atomic mass is 19.1. The van der Waals surface area contributed by atoms with E-state index in [9.17, 15) is 14.0 Å². The Bertz CT molecular complexity index is 1000. The van der Waals surface area contributed by atoms with Crippen molar-refractivity contribution >= 4 is 11.7 Å². The number of urea groups is 1. The van der Waals surface area contributed by atoms with Gasteiger partial charge >= 0.3 is 6.03 Å². The first-order chi connectivity index (χ1) is 13.5. The Morgan fingerprint density at radius 2 is 1.79 bits per heavy atom. The molecule has 0 aliphatic carbocycles. The molecular formula is C20H19FN4O3. The van der Waals surface area contributed by atoms with Gasteiger partial charge in [-0.15, -0.1) is 0 Å². The second kappa shape index (κ2) is 8.81. The third-order valence-corrected chi connectivity index (χ3v) is 3.96. The molecule has 3 rings (SSSR count). The van der Waals surface area contributed by atoms with Crippen molar-refractivity contribution in [1.82, 2.24) is 15.1 Å². The lowest BCUT2D eigenvalue weighted by Gasteiger charge is -2.10. The van der Waals surface area contributed by atoms with Gasteiger partial charge in [-0.05, 0) is 54.6 Å². The highest BCUT2D eigenvalue weighted by molar-refractivity contribution is 5.89. The predicted molar refractivity (Wildman–Crippen MR) is 104 cm³/mol. The molecule has 0 bridgehead atoms. The molecular weight excluding hydrogens is 363 g/mol. The van der Waals surface area contributed by atoms with Crippen LogP contribution in [-0.2, 0) is 6.54 Å². The quantitative estimate of drug-likeness (QED) is 0.687. The first-order valence-electron chi connectivity index (χ1n) is 8.58. The van der Waals surface area contributed by atoms with Crippen LogP contribution in [0.5, 0.6) is 5.75 Å². The molecule has 2 aromatic carbocycles. The number of methoxy groups -OCH3 is 1. The molecule has 2 amide bonds. The number of hydrogen-bond acceptors (Lipinski definition) is 4. The van der Waals surface area contributed by atoms with E-state index in [4.69, 9.17) is 4.74 Å². The summed E-state index contributed by atoms with van der Waals surface area (Å²) in [5.74, 6) is 0.349. The van der Waals surface area contributed by atoms with Crippen LogP contribution in [0.4, 0.5) is 14.9 Å². The van der Waals surface area contributed by atoms with Gasteiger partial charge in [-0.25, -0.2) is 13.9 Å². The molecule has 2 N–H and O–H groups in total. The highest BCUT2D eigenvalue weighted by Gasteiger charge is 2.06. The summed E-state index contributed by atoms with van der Waals surface area (Å²) >= 11 is 0. The van der Waals surface area contributed by atoms with Gasteiger partial charge < -0.3 is 15.4 Å². The van der Waals surface area contributed by atoms with Gasteiger partial charge in [-0.3, -0.25) is 4.79 Å². The molecule has 0 aliphatic heterocycles. The zero-order chi connectivity index (χ0) is 19.9. The molecule has 3 aromatic rings. The average molecular weight is 382 g/mol. The van der Waals surface area contributed by atoms with Gasteiger partial charge in [-0.1, -0.05) is 0 Å². The van der Waals surface area contributed by atoms with Crippen LogP contribution in [-0.4, -0.2) is 29.5 Å². The van der Waals surface area contributed by atoms with E-state index < -0.39 is 6.03 Å². The van der Waals surface area contributed by atoms with Crippen LogP contribution in [0.25, 0.3) is 11.3 Å². The van der Waals surface area contributed by atoms with Crippen molar-refractivity contribution in [1.29, 1.82) is 0 Å². The molecule has 0 radical (unpaired) electrons. The fourth-order valence-electron chi connectivity index (χ4n) is 2.51. The monoisotopic (exact) mass is 382 g/mol. The van der Waals surface area contributed by atoms with E-state index in [1.165, 1.54) is 35.0 Å². The number of aromatic nitrogens is 2. The van der Waals surface area contributed by atoms with E-state index in [2.05, 4.69) is 15.7 Å². The minimum absolute atomic E-state index is 0.200. The minimum Gasteiger partial charge on any atom is -0.497 e. The number of nitrogens with zero attached hydrogens (tertiary/aromatic N) is 2. The van der Waals surface area contributed by atoms with Gasteiger partial charge in [-0.2, -0.15) is 5.10 Å². The number of amides is 2. The molecule has 0 spiro atoms. The predicted octanol–water partition coefficient (Wildman–Crippen LogP) is 2.88. The van der Waals surface area contributed by atoms with Crippen LogP contribution in [0.1, 0.15) is 0 Å². The Morgan fingerprint density at radius 3 is 2.46 bits per heavy atom. The van der Waals surface area contributed by atoms with Gasteiger partial charge in [0.1, 0.15) is 11.6 Å². The lowest BCUT2D eigenvalue weighted by molar-refractivity contribution is 0.251.